The Morgan fingerprint density at radius 1 is 0.944 bits per heavy atom. The maximum atomic E-state index is 13.4. The minimum absolute atomic E-state index is 0.161. The van der Waals surface area contributed by atoms with E-state index in [0.29, 0.717) is 0 Å². The highest BCUT2D eigenvalue weighted by atomic mass is 32.2. The van der Waals surface area contributed by atoms with Crippen LogP contribution in [0.15, 0.2) is 85.5 Å². The van der Waals surface area contributed by atoms with Crippen molar-refractivity contribution in [3.05, 3.63) is 102 Å². The van der Waals surface area contributed by atoms with E-state index in [2.05, 4.69) is 10.1 Å². The molecule has 3 aromatic carbocycles. The summed E-state index contributed by atoms with van der Waals surface area (Å²) in [5.41, 5.74) is 5.31. The maximum Gasteiger partial charge on any atom is 0.315 e. The molecule has 0 radical (unpaired) electrons. The molecule has 2 aliphatic rings. The van der Waals surface area contributed by atoms with E-state index in [0.717, 1.165) is 33.5 Å². The van der Waals surface area contributed by atoms with E-state index in [4.69, 9.17) is 8.92 Å². The zero-order valence-corrected chi connectivity index (χ0v) is 20.2. The fourth-order valence-corrected chi connectivity index (χ4v) is 6.33. The van der Waals surface area contributed by atoms with Gasteiger partial charge in [0.15, 0.2) is 0 Å². The molecule has 3 atom stereocenters. The lowest BCUT2D eigenvalue weighted by molar-refractivity contribution is 0.128. The Balaban J connectivity index is 1.40. The monoisotopic (exact) mass is 501 g/mol. The highest BCUT2D eigenvalue weighted by Gasteiger charge is 2.53. The first kappa shape index (κ1) is 22.5. The molecule has 182 valence electrons. The molecule has 2 bridgehead atoms. The second-order valence-corrected chi connectivity index (χ2v) is 10.7. The summed E-state index contributed by atoms with van der Waals surface area (Å²) in [6.45, 7) is 1.93. The summed E-state index contributed by atoms with van der Waals surface area (Å²) in [6, 6.07) is 21.5. The minimum Gasteiger partial charge on any atom is -0.508 e. The van der Waals surface area contributed by atoms with Gasteiger partial charge in [-0.05, 0) is 65.6 Å². The summed E-state index contributed by atoms with van der Waals surface area (Å²) in [6.07, 6.45) is 2.27. The molecule has 1 aromatic heterocycles. The van der Waals surface area contributed by atoms with Crippen LogP contribution in [0.25, 0.3) is 16.8 Å². The van der Waals surface area contributed by atoms with Gasteiger partial charge in [-0.25, -0.2) is 9.67 Å². The number of hydrogen-bond acceptors (Lipinski definition) is 7. The third kappa shape index (κ3) is 3.96. The lowest BCUT2D eigenvalue weighted by atomic mass is 9.83. The Labute approximate surface area is 208 Å². The second-order valence-electron chi connectivity index (χ2n) is 8.97. The molecule has 1 unspecified atom stereocenters. The van der Waals surface area contributed by atoms with Crippen molar-refractivity contribution in [1.82, 2.24) is 14.8 Å². The number of aromatic nitrogens is 3. The van der Waals surface area contributed by atoms with Crippen molar-refractivity contribution in [2.24, 2.45) is 0 Å². The first-order valence-electron chi connectivity index (χ1n) is 11.5. The van der Waals surface area contributed by atoms with Crippen LogP contribution >= 0.6 is 0 Å². The van der Waals surface area contributed by atoms with Gasteiger partial charge in [-0.1, -0.05) is 42.0 Å². The molecule has 4 aromatic rings. The van der Waals surface area contributed by atoms with Gasteiger partial charge in [0.05, 0.1) is 11.8 Å². The van der Waals surface area contributed by atoms with Crippen LogP contribution in [0, 0.1) is 6.92 Å². The number of aryl methyl sites for hydroxylation is 1. The van der Waals surface area contributed by atoms with E-state index in [1.54, 1.807) is 35.3 Å². The van der Waals surface area contributed by atoms with Crippen LogP contribution in [0.5, 0.6) is 11.5 Å². The molecule has 3 heterocycles. The molecule has 0 amide bonds. The number of fused-ring (bicyclic) bond motifs is 2. The molecule has 8 nitrogen and oxygen atoms in total. The lowest BCUT2D eigenvalue weighted by Crippen LogP contribution is -2.35. The minimum atomic E-state index is -3.98. The van der Waals surface area contributed by atoms with Gasteiger partial charge in [0.1, 0.15) is 35.5 Å². The van der Waals surface area contributed by atoms with Gasteiger partial charge in [0.2, 0.25) is 0 Å². The predicted octanol–water partition coefficient (Wildman–Crippen LogP) is 4.14. The summed E-state index contributed by atoms with van der Waals surface area (Å²) in [5, 5.41) is 13.1. The summed E-state index contributed by atoms with van der Waals surface area (Å²) in [5.74, 6) is 0.443. The largest absolute Gasteiger partial charge is 0.508 e. The topological polar surface area (TPSA) is 104 Å². The van der Waals surface area contributed by atoms with Gasteiger partial charge in [-0.3, -0.25) is 0 Å². The number of aromatic hydroxyl groups is 1. The number of nitrogens with zero attached hydrogens (tertiary/aromatic N) is 3. The van der Waals surface area contributed by atoms with Crippen LogP contribution in [-0.4, -0.2) is 45.7 Å². The Morgan fingerprint density at radius 2 is 1.61 bits per heavy atom. The Hall–Kier alpha value is -3.95. The number of phenols is 1. The number of rotatable bonds is 6. The van der Waals surface area contributed by atoms with Crippen LogP contribution in [0.2, 0.25) is 0 Å². The standard InChI is InChI=1S/C27H23N3O5S/c1-17-2-12-22(13-3-17)35-36(32,33)24-14-23-25(18-6-10-21(31)11-7-18)26(27(24)34-23)19-4-8-20(9-5-19)30-16-28-15-29-30/h2-13,15-16,23-24,27,31H,14H2,1H3/t23-,24?,27+/m1/s1. The SMILES string of the molecule is Cc1ccc(OS(=O)(=O)C2C[C@H]3O[C@@H]2C(c2ccc(-n4cncn4)cc2)=C3c2ccc(O)cc2)cc1. The van der Waals surface area contributed by atoms with Crippen molar-refractivity contribution in [3.8, 4) is 17.2 Å². The molecule has 1 fully saturated rings. The van der Waals surface area contributed by atoms with E-state index in [1.165, 1.54) is 6.33 Å². The molecule has 9 heteroatoms. The molecule has 0 saturated carbocycles. The normalized spacial score (nSPS) is 21.2. The summed E-state index contributed by atoms with van der Waals surface area (Å²) in [4.78, 5) is 3.99. The molecule has 6 rings (SSSR count). The number of ether oxygens (including phenoxy) is 1. The Bertz CT molecular complexity index is 1530. The third-order valence-electron chi connectivity index (χ3n) is 6.64. The average molecular weight is 502 g/mol. The number of benzene rings is 3. The molecule has 0 spiro atoms. The number of phenolic OH excluding ortho intramolecular Hbond substituents is 1. The fourth-order valence-electron chi connectivity index (χ4n) is 4.92. The van der Waals surface area contributed by atoms with Gasteiger partial charge >= 0.3 is 10.1 Å². The third-order valence-corrected chi connectivity index (χ3v) is 8.24. The van der Waals surface area contributed by atoms with Gasteiger partial charge in [-0.2, -0.15) is 13.5 Å². The maximum absolute atomic E-state index is 13.4. The van der Waals surface area contributed by atoms with E-state index in [9.17, 15) is 13.5 Å². The van der Waals surface area contributed by atoms with Crippen LogP contribution in [0.3, 0.4) is 0 Å². The molecule has 0 aliphatic carbocycles. The van der Waals surface area contributed by atoms with Crippen LogP contribution in [0.1, 0.15) is 23.1 Å². The van der Waals surface area contributed by atoms with Crippen LogP contribution in [0.4, 0.5) is 0 Å². The smallest absolute Gasteiger partial charge is 0.315 e. The Kier molecular flexibility index (Phi) is 5.39. The zero-order chi connectivity index (χ0) is 24.9. The van der Waals surface area contributed by atoms with Crippen molar-refractivity contribution in [3.63, 3.8) is 0 Å². The van der Waals surface area contributed by atoms with E-state index in [-0.39, 0.29) is 17.9 Å². The van der Waals surface area contributed by atoms with E-state index in [1.807, 2.05) is 55.5 Å². The zero-order valence-electron chi connectivity index (χ0n) is 19.4. The van der Waals surface area contributed by atoms with Crippen LogP contribution in [-0.2, 0) is 14.9 Å². The Morgan fingerprint density at radius 3 is 2.28 bits per heavy atom. The summed E-state index contributed by atoms with van der Waals surface area (Å²) in [7, 11) is -3.98. The molecular formula is C27H23N3O5S. The molecular weight excluding hydrogens is 478 g/mol. The highest BCUT2D eigenvalue weighted by Crippen LogP contribution is 2.50. The summed E-state index contributed by atoms with van der Waals surface area (Å²) < 4.78 is 40.2. The van der Waals surface area contributed by atoms with Gasteiger partial charge in [-0.15, -0.1) is 0 Å². The predicted molar refractivity (Wildman–Crippen MR) is 134 cm³/mol. The summed E-state index contributed by atoms with van der Waals surface area (Å²) >= 11 is 0. The quantitative estimate of drug-likeness (QED) is 0.396. The highest BCUT2D eigenvalue weighted by molar-refractivity contribution is 7.87. The van der Waals surface area contributed by atoms with E-state index < -0.39 is 27.6 Å². The van der Waals surface area contributed by atoms with Gasteiger partial charge < -0.3 is 14.0 Å². The van der Waals surface area contributed by atoms with Crippen LogP contribution < -0.4 is 4.18 Å². The van der Waals surface area contributed by atoms with Crippen molar-refractivity contribution < 1.29 is 22.4 Å². The molecule has 2 aliphatic heterocycles. The van der Waals surface area contributed by atoms with E-state index >= 15 is 0 Å². The van der Waals surface area contributed by atoms with Crippen molar-refractivity contribution >= 4 is 21.3 Å². The molecule has 36 heavy (non-hydrogen) atoms. The van der Waals surface area contributed by atoms with Gasteiger partial charge in [0, 0.05) is 6.42 Å². The molecule has 1 saturated heterocycles. The fraction of sp³-hybridized carbons (Fsp3) is 0.185. The first-order valence-corrected chi connectivity index (χ1v) is 13.0. The van der Waals surface area contributed by atoms with Gasteiger partial charge in [0.25, 0.3) is 0 Å². The lowest BCUT2D eigenvalue weighted by Gasteiger charge is -2.25. The number of hydrogen-bond donors (Lipinski definition) is 1. The first-order chi connectivity index (χ1) is 17.4. The van der Waals surface area contributed by atoms with Crippen molar-refractivity contribution in [1.29, 1.82) is 0 Å². The van der Waals surface area contributed by atoms with Crippen molar-refractivity contribution in [2.45, 2.75) is 30.8 Å². The second kappa shape index (κ2) is 8.61. The van der Waals surface area contributed by atoms with Crippen molar-refractivity contribution in [2.75, 3.05) is 0 Å². The average Bonchev–Trinajstić information content (AvgIpc) is 3.63. The molecule has 1 N–H and O–H groups in total.